The smallest absolute Gasteiger partial charge is 0.252 e. The number of hydrogen-bond donors (Lipinski definition) is 1. The number of benzene rings is 7. The van der Waals surface area contributed by atoms with E-state index in [0.29, 0.717) is 23.7 Å². The summed E-state index contributed by atoms with van der Waals surface area (Å²) in [6.45, 7) is 18.5. The van der Waals surface area contributed by atoms with Crippen LogP contribution in [0.25, 0.3) is 11.1 Å². The first-order valence-electron chi connectivity index (χ1n) is 21.8. The summed E-state index contributed by atoms with van der Waals surface area (Å²) in [4.78, 5) is 5.26. The summed E-state index contributed by atoms with van der Waals surface area (Å²) < 4.78 is 0. The molecule has 7 aromatic carbocycles. The lowest BCUT2D eigenvalue weighted by Crippen LogP contribution is -2.64. The molecule has 3 nitrogen and oxygen atoms in total. The molecule has 0 saturated carbocycles. The van der Waals surface area contributed by atoms with E-state index < -0.39 is 0 Å². The normalized spacial score (nSPS) is 13.4. The molecule has 5 heteroatoms. The fourth-order valence-corrected chi connectivity index (χ4v) is 9.86. The predicted molar refractivity (Wildman–Crippen MR) is 258 cm³/mol. The van der Waals surface area contributed by atoms with Crippen LogP contribution in [0, 0.1) is 0 Å². The SMILES string of the molecule is CC(C)c1ccc(N2c3cc(C(C)C)ccc3B3c4ccc(C(C)C)cc4N4c5ccc(C(C)C)cc5Bc5c(-c6ccccc6Nc6ccccc6)cc2c3c54)cc1. The van der Waals surface area contributed by atoms with E-state index in [2.05, 4.69) is 210 Å². The van der Waals surface area contributed by atoms with Crippen molar-refractivity contribution >= 4 is 86.8 Å². The molecule has 7 aromatic rings. The molecule has 0 aromatic heterocycles. The van der Waals surface area contributed by atoms with Crippen LogP contribution in [0.3, 0.4) is 0 Å². The molecule has 0 spiro atoms. The third-order valence-electron chi connectivity index (χ3n) is 13.2. The van der Waals surface area contributed by atoms with Crippen molar-refractivity contribution in [3.63, 3.8) is 0 Å². The van der Waals surface area contributed by atoms with Gasteiger partial charge in [-0.15, -0.1) is 0 Å². The van der Waals surface area contributed by atoms with Crippen LogP contribution in [0.15, 0.2) is 140 Å². The number of anilines is 8. The Kier molecular flexibility index (Phi) is 9.12. The van der Waals surface area contributed by atoms with Gasteiger partial charge in [0.1, 0.15) is 0 Å². The standard InChI is InChI=1S/C54H53B2N3/c1-32(2)36-18-23-41(24-19-36)58-49-29-38(34(5)6)20-25-45(49)56-46-26-21-39(35(7)8)30-50(46)59-48-27-22-37(33(3)4)28-44(48)55-52-43(31-51(58)53(56)54(52)59)42-16-12-13-17-47(42)57-40-14-10-9-11-15-40/h9-35,55,57H,1-8H3. The van der Waals surface area contributed by atoms with Crippen LogP contribution >= 0.6 is 0 Å². The monoisotopic (exact) mass is 765 g/mol. The van der Waals surface area contributed by atoms with E-state index in [1.54, 1.807) is 0 Å². The van der Waals surface area contributed by atoms with Crippen LogP contribution in [-0.2, 0) is 0 Å². The molecule has 0 aliphatic carbocycles. The third-order valence-corrected chi connectivity index (χ3v) is 13.2. The zero-order chi connectivity index (χ0) is 40.7. The number of para-hydroxylation sites is 2. The van der Waals surface area contributed by atoms with Gasteiger partial charge in [0.2, 0.25) is 0 Å². The summed E-state index contributed by atoms with van der Waals surface area (Å²) in [5, 5.41) is 3.84. The number of rotatable bonds is 8. The molecule has 3 aliphatic rings. The Morgan fingerprint density at radius 1 is 0.475 bits per heavy atom. The van der Waals surface area contributed by atoms with Gasteiger partial charge >= 0.3 is 0 Å². The first kappa shape index (κ1) is 37.3. The van der Waals surface area contributed by atoms with Crippen LogP contribution in [0.4, 0.5) is 45.5 Å². The number of hydrogen-bond acceptors (Lipinski definition) is 3. The van der Waals surface area contributed by atoms with Crippen molar-refractivity contribution in [3.05, 3.63) is 162 Å². The van der Waals surface area contributed by atoms with Gasteiger partial charge in [0.15, 0.2) is 7.28 Å². The predicted octanol–water partition coefficient (Wildman–Crippen LogP) is 11.4. The average molecular weight is 766 g/mol. The average Bonchev–Trinajstić information content (AvgIpc) is 3.24. The van der Waals surface area contributed by atoms with E-state index in [9.17, 15) is 0 Å². The minimum atomic E-state index is 0.0804. The molecule has 0 atom stereocenters. The van der Waals surface area contributed by atoms with Gasteiger partial charge in [0, 0.05) is 51.1 Å². The van der Waals surface area contributed by atoms with Gasteiger partial charge < -0.3 is 15.1 Å². The largest absolute Gasteiger partial charge is 0.355 e. The zero-order valence-corrected chi connectivity index (χ0v) is 35.8. The van der Waals surface area contributed by atoms with E-state index in [-0.39, 0.29) is 6.71 Å². The van der Waals surface area contributed by atoms with Crippen molar-refractivity contribution < 1.29 is 0 Å². The van der Waals surface area contributed by atoms with E-state index in [0.717, 1.165) is 18.7 Å². The molecule has 0 amide bonds. The molecule has 0 radical (unpaired) electrons. The fraction of sp³-hybridized carbons (Fsp3) is 0.222. The van der Waals surface area contributed by atoms with Crippen molar-refractivity contribution in [1.29, 1.82) is 0 Å². The maximum absolute atomic E-state index is 3.84. The van der Waals surface area contributed by atoms with Gasteiger partial charge in [-0.2, -0.15) is 0 Å². The van der Waals surface area contributed by atoms with Crippen LogP contribution in [0.5, 0.6) is 0 Å². The lowest BCUT2D eigenvalue weighted by Gasteiger charge is -2.48. The zero-order valence-electron chi connectivity index (χ0n) is 35.8. The molecule has 10 rings (SSSR count). The second kappa shape index (κ2) is 14.4. The third kappa shape index (κ3) is 6.12. The molecule has 3 heterocycles. The topological polar surface area (TPSA) is 18.5 Å². The minimum absolute atomic E-state index is 0.0804. The minimum Gasteiger partial charge on any atom is -0.355 e. The molecule has 290 valence electrons. The Bertz CT molecular complexity index is 2740. The summed E-state index contributed by atoms with van der Waals surface area (Å²) in [6, 6.07) is 53.4. The summed E-state index contributed by atoms with van der Waals surface area (Å²) in [7, 11) is 0.859. The van der Waals surface area contributed by atoms with Crippen molar-refractivity contribution in [2.75, 3.05) is 15.1 Å². The Morgan fingerprint density at radius 3 is 1.68 bits per heavy atom. The lowest BCUT2D eigenvalue weighted by molar-refractivity contribution is 0.865. The lowest BCUT2D eigenvalue weighted by atomic mass is 9.32. The Balaban J connectivity index is 1.34. The maximum Gasteiger partial charge on any atom is 0.252 e. The van der Waals surface area contributed by atoms with Gasteiger partial charge in [0.25, 0.3) is 6.71 Å². The number of nitrogens with one attached hydrogen (secondary N) is 1. The van der Waals surface area contributed by atoms with Crippen LogP contribution in [0.1, 0.15) is 101 Å². The molecule has 59 heavy (non-hydrogen) atoms. The van der Waals surface area contributed by atoms with Gasteiger partial charge in [-0.25, -0.2) is 0 Å². The maximum atomic E-state index is 3.84. The Morgan fingerprint density at radius 2 is 1.03 bits per heavy atom. The number of nitrogens with zero attached hydrogens (tertiary/aromatic N) is 2. The summed E-state index contributed by atoms with van der Waals surface area (Å²) in [5.74, 6) is 1.70. The van der Waals surface area contributed by atoms with Gasteiger partial charge in [-0.1, -0.05) is 146 Å². The number of fused-ring (bicyclic) bond motifs is 7. The van der Waals surface area contributed by atoms with Gasteiger partial charge in [-0.05, 0) is 128 Å². The van der Waals surface area contributed by atoms with Crippen LogP contribution < -0.4 is 42.4 Å². The molecular weight excluding hydrogens is 712 g/mol. The summed E-state index contributed by atoms with van der Waals surface area (Å²) in [6.07, 6.45) is 0. The fourth-order valence-electron chi connectivity index (χ4n) is 9.86. The van der Waals surface area contributed by atoms with E-state index in [1.807, 2.05) is 0 Å². The summed E-state index contributed by atoms with van der Waals surface area (Å²) >= 11 is 0. The highest BCUT2D eigenvalue weighted by Crippen LogP contribution is 2.47. The second-order valence-corrected chi connectivity index (χ2v) is 18.2. The molecular formula is C54H53B2N3. The quantitative estimate of drug-likeness (QED) is 0.155. The molecule has 0 unspecified atom stereocenters. The van der Waals surface area contributed by atoms with Crippen LogP contribution in [-0.4, -0.2) is 14.0 Å². The Hall–Kier alpha value is -5.93. The van der Waals surface area contributed by atoms with Gasteiger partial charge in [-0.3, -0.25) is 0 Å². The van der Waals surface area contributed by atoms with E-state index in [1.165, 1.54) is 94.8 Å². The van der Waals surface area contributed by atoms with Crippen molar-refractivity contribution in [2.24, 2.45) is 0 Å². The Labute approximate surface area is 352 Å². The molecule has 1 N–H and O–H groups in total. The highest BCUT2D eigenvalue weighted by Gasteiger charge is 2.47. The summed E-state index contributed by atoms with van der Waals surface area (Å²) in [5.41, 5.74) is 24.7. The molecule has 0 saturated heterocycles. The second-order valence-electron chi connectivity index (χ2n) is 18.2. The van der Waals surface area contributed by atoms with Crippen molar-refractivity contribution in [3.8, 4) is 11.1 Å². The molecule has 0 bridgehead atoms. The van der Waals surface area contributed by atoms with Gasteiger partial charge in [0.05, 0.1) is 0 Å². The van der Waals surface area contributed by atoms with Crippen molar-refractivity contribution in [2.45, 2.75) is 79.1 Å². The van der Waals surface area contributed by atoms with Crippen molar-refractivity contribution in [1.82, 2.24) is 0 Å². The van der Waals surface area contributed by atoms with E-state index in [4.69, 9.17) is 0 Å². The molecule has 0 fully saturated rings. The highest BCUT2D eigenvalue weighted by molar-refractivity contribution is 7.01. The first-order valence-corrected chi connectivity index (χ1v) is 21.8. The van der Waals surface area contributed by atoms with Crippen LogP contribution in [0.2, 0.25) is 0 Å². The first-order chi connectivity index (χ1) is 28.6. The molecule has 3 aliphatic heterocycles. The highest BCUT2D eigenvalue weighted by atomic mass is 15.2. The van der Waals surface area contributed by atoms with E-state index >= 15 is 0 Å².